The highest BCUT2D eigenvalue weighted by Gasteiger charge is 2.10. The van der Waals surface area contributed by atoms with E-state index >= 15 is 0 Å². The van der Waals surface area contributed by atoms with Crippen LogP contribution in [0.5, 0.6) is 17.2 Å². The van der Waals surface area contributed by atoms with Crippen molar-refractivity contribution in [3.8, 4) is 17.2 Å². The predicted octanol–water partition coefficient (Wildman–Crippen LogP) is 3.98. The monoisotopic (exact) mass is 396 g/mol. The number of nitrogens with zero attached hydrogens (tertiary/aromatic N) is 1. The van der Waals surface area contributed by atoms with E-state index in [0.717, 1.165) is 22.2 Å². The van der Waals surface area contributed by atoms with E-state index < -0.39 is 0 Å². The molecule has 0 spiro atoms. The fraction of sp³-hybridized carbons (Fsp3) is 0.348. The zero-order valence-electron chi connectivity index (χ0n) is 17.4. The molecule has 0 unspecified atom stereocenters. The van der Waals surface area contributed by atoms with Crippen LogP contribution in [-0.4, -0.2) is 37.8 Å². The van der Waals surface area contributed by atoms with Gasteiger partial charge in [-0.2, -0.15) is 0 Å². The summed E-state index contributed by atoms with van der Waals surface area (Å²) in [5.41, 5.74) is 2.16. The van der Waals surface area contributed by atoms with Crippen molar-refractivity contribution in [2.24, 2.45) is 0 Å². The first-order valence-electron chi connectivity index (χ1n) is 9.73. The van der Waals surface area contributed by atoms with E-state index in [0.29, 0.717) is 30.5 Å². The molecule has 0 aliphatic carbocycles. The highest BCUT2D eigenvalue weighted by Crippen LogP contribution is 2.29. The van der Waals surface area contributed by atoms with E-state index in [1.165, 1.54) is 0 Å². The lowest BCUT2D eigenvalue weighted by Crippen LogP contribution is -2.30. The molecule has 0 atom stereocenters. The number of methoxy groups -OCH3 is 2. The van der Waals surface area contributed by atoms with Crippen LogP contribution < -0.4 is 19.5 Å². The summed E-state index contributed by atoms with van der Waals surface area (Å²) in [5.74, 6) is 1.94. The predicted molar refractivity (Wildman–Crippen MR) is 114 cm³/mol. The van der Waals surface area contributed by atoms with Crippen molar-refractivity contribution in [2.45, 2.75) is 26.3 Å². The maximum Gasteiger partial charge on any atom is 0.257 e. The van der Waals surface area contributed by atoms with Crippen molar-refractivity contribution in [3.63, 3.8) is 0 Å². The molecule has 0 fully saturated rings. The standard InChI is InChI=1S/C23H28N2O4/c1-16(2)25-13-11-18-19(25)6-5-7-20(18)29-15-23(26)24-12-10-17-8-9-21(27-3)22(14-17)28-4/h5-9,11,13-14,16H,10,12,15H2,1-4H3,(H,24,26). The van der Waals surface area contributed by atoms with Gasteiger partial charge in [0.2, 0.25) is 0 Å². The first-order valence-corrected chi connectivity index (χ1v) is 9.73. The number of hydrogen-bond acceptors (Lipinski definition) is 4. The maximum atomic E-state index is 12.2. The number of ether oxygens (including phenoxy) is 3. The van der Waals surface area contributed by atoms with Gasteiger partial charge in [0.05, 0.1) is 19.7 Å². The van der Waals surface area contributed by atoms with Crippen LogP contribution in [0.4, 0.5) is 0 Å². The summed E-state index contributed by atoms with van der Waals surface area (Å²) in [7, 11) is 3.21. The SMILES string of the molecule is COc1ccc(CCNC(=O)COc2cccc3c2ccn3C(C)C)cc1OC. The summed E-state index contributed by atoms with van der Waals surface area (Å²) >= 11 is 0. The second kappa shape index (κ2) is 9.37. The third-order valence-electron chi connectivity index (χ3n) is 4.82. The van der Waals surface area contributed by atoms with E-state index in [4.69, 9.17) is 14.2 Å². The van der Waals surface area contributed by atoms with Crippen molar-refractivity contribution in [1.29, 1.82) is 0 Å². The molecule has 0 saturated heterocycles. The number of rotatable bonds is 9. The Bertz CT molecular complexity index is 978. The molecule has 1 N–H and O–H groups in total. The van der Waals surface area contributed by atoms with Crippen LogP contribution >= 0.6 is 0 Å². The Morgan fingerprint density at radius 2 is 1.83 bits per heavy atom. The Labute approximate surface area is 171 Å². The van der Waals surface area contributed by atoms with Crippen molar-refractivity contribution < 1.29 is 19.0 Å². The van der Waals surface area contributed by atoms with Gasteiger partial charge in [0.25, 0.3) is 5.91 Å². The summed E-state index contributed by atoms with van der Waals surface area (Å²) in [6.07, 6.45) is 2.74. The Balaban J connectivity index is 1.53. The van der Waals surface area contributed by atoms with Gasteiger partial charge in [-0.1, -0.05) is 12.1 Å². The molecule has 0 radical (unpaired) electrons. The van der Waals surface area contributed by atoms with E-state index in [9.17, 15) is 4.79 Å². The zero-order chi connectivity index (χ0) is 20.8. The minimum Gasteiger partial charge on any atom is -0.493 e. The summed E-state index contributed by atoms with van der Waals surface area (Å²) in [5, 5.41) is 3.91. The van der Waals surface area contributed by atoms with Gasteiger partial charge in [-0.25, -0.2) is 0 Å². The van der Waals surface area contributed by atoms with Gasteiger partial charge < -0.3 is 24.1 Å². The molecule has 1 aromatic heterocycles. The molecule has 0 bridgehead atoms. The van der Waals surface area contributed by atoms with Crippen molar-refractivity contribution >= 4 is 16.8 Å². The number of benzene rings is 2. The topological polar surface area (TPSA) is 61.7 Å². The zero-order valence-corrected chi connectivity index (χ0v) is 17.4. The van der Waals surface area contributed by atoms with Gasteiger partial charge in [0.1, 0.15) is 5.75 Å². The lowest BCUT2D eigenvalue weighted by Gasteiger charge is -2.12. The van der Waals surface area contributed by atoms with E-state index in [2.05, 4.69) is 29.8 Å². The van der Waals surface area contributed by atoms with Gasteiger partial charge in [-0.05, 0) is 56.2 Å². The molecule has 1 heterocycles. The Kier molecular flexibility index (Phi) is 6.65. The van der Waals surface area contributed by atoms with Gasteiger partial charge in [-0.15, -0.1) is 0 Å². The minimum absolute atomic E-state index is 0.0160. The van der Waals surface area contributed by atoms with E-state index in [1.807, 2.05) is 42.6 Å². The van der Waals surface area contributed by atoms with Crippen LogP contribution in [-0.2, 0) is 11.2 Å². The second-order valence-electron chi connectivity index (χ2n) is 7.08. The number of nitrogens with one attached hydrogen (secondary N) is 1. The van der Waals surface area contributed by atoms with Gasteiger partial charge in [0, 0.05) is 24.2 Å². The highest BCUT2D eigenvalue weighted by molar-refractivity contribution is 5.87. The van der Waals surface area contributed by atoms with Crippen LogP contribution in [0.2, 0.25) is 0 Å². The number of carbonyl (C=O) groups excluding carboxylic acids is 1. The first kappa shape index (κ1) is 20.6. The number of fused-ring (bicyclic) bond motifs is 1. The molecule has 154 valence electrons. The Morgan fingerprint density at radius 1 is 1.03 bits per heavy atom. The highest BCUT2D eigenvalue weighted by atomic mass is 16.5. The lowest BCUT2D eigenvalue weighted by atomic mass is 10.1. The molecule has 6 heteroatoms. The molecule has 0 aliphatic heterocycles. The van der Waals surface area contributed by atoms with Gasteiger partial charge in [-0.3, -0.25) is 4.79 Å². The number of hydrogen-bond donors (Lipinski definition) is 1. The molecule has 0 aliphatic rings. The second-order valence-corrected chi connectivity index (χ2v) is 7.08. The lowest BCUT2D eigenvalue weighted by molar-refractivity contribution is -0.123. The van der Waals surface area contributed by atoms with Crippen molar-refractivity contribution in [3.05, 3.63) is 54.2 Å². The smallest absolute Gasteiger partial charge is 0.257 e. The summed E-state index contributed by atoms with van der Waals surface area (Å²) in [4.78, 5) is 12.2. The average Bonchev–Trinajstić information content (AvgIpc) is 3.17. The quantitative estimate of drug-likeness (QED) is 0.594. The molecule has 1 amide bonds. The van der Waals surface area contributed by atoms with Crippen LogP contribution in [0.15, 0.2) is 48.7 Å². The largest absolute Gasteiger partial charge is 0.493 e. The van der Waals surface area contributed by atoms with Crippen LogP contribution in [0.3, 0.4) is 0 Å². The fourth-order valence-electron chi connectivity index (χ4n) is 3.31. The molecule has 0 saturated carbocycles. The maximum absolute atomic E-state index is 12.2. The van der Waals surface area contributed by atoms with Gasteiger partial charge in [0.15, 0.2) is 18.1 Å². The number of amides is 1. The molecule has 3 rings (SSSR count). The molecular formula is C23H28N2O4. The number of aromatic nitrogens is 1. The molecule has 6 nitrogen and oxygen atoms in total. The van der Waals surface area contributed by atoms with Crippen molar-refractivity contribution in [2.75, 3.05) is 27.4 Å². The number of carbonyl (C=O) groups is 1. The summed E-state index contributed by atoms with van der Waals surface area (Å²) in [6, 6.07) is 14.0. The first-order chi connectivity index (χ1) is 14.0. The third-order valence-corrected chi connectivity index (χ3v) is 4.82. The molecule has 29 heavy (non-hydrogen) atoms. The van der Waals surface area contributed by atoms with Crippen molar-refractivity contribution in [1.82, 2.24) is 9.88 Å². The molecule has 3 aromatic rings. The molecule has 2 aromatic carbocycles. The Morgan fingerprint density at radius 3 is 2.55 bits per heavy atom. The van der Waals surface area contributed by atoms with Gasteiger partial charge >= 0.3 is 0 Å². The fourth-order valence-corrected chi connectivity index (χ4v) is 3.31. The Hall–Kier alpha value is -3.15. The summed E-state index contributed by atoms with van der Waals surface area (Å²) in [6.45, 7) is 4.78. The normalized spacial score (nSPS) is 10.9. The van der Waals surface area contributed by atoms with E-state index in [1.54, 1.807) is 14.2 Å². The van der Waals surface area contributed by atoms with E-state index in [-0.39, 0.29) is 12.5 Å². The van der Waals surface area contributed by atoms with Crippen LogP contribution in [0, 0.1) is 0 Å². The van der Waals surface area contributed by atoms with Crippen LogP contribution in [0.25, 0.3) is 10.9 Å². The average molecular weight is 396 g/mol. The molecular weight excluding hydrogens is 368 g/mol. The van der Waals surface area contributed by atoms with Crippen LogP contribution in [0.1, 0.15) is 25.5 Å². The third kappa shape index (κ3) is 4.83. The minimum atomic E-state index is -0.147. The summed E-state index contributed by atoms with van der Waals surface area (Å²) < 4.78 is 18.5.